The number of halogens is 1. The summed E-state index contributed by atoms with van der Waals surface area (Å²) in [5.74, 6) is -2.68. The largest absolute Gasteiger partial charge is 0.494 e. The molecule has 3 unspecified atom stereocenters. The zero-order chi connectivity index (χ0) is 14.9. The third-order valence-corrected chi connectivity index (χ3v) is 3.48. The van der Waals surface area contributed by atoms with Gasteiger partial charge in [-0.3, -0.25) is 9.59 Å². The van der Waals surface area contributed by atoms with Crippen LogP contribution in [0.25, 0.3) is 0 Å². The first-order valence-corrected chi connectivity index (χ1v) is 6.30. The van der Waals surface area contributed by atoms with Crippen LogP contribution in [0.4, 0.5) is 4.39 Å². The number of ether oxygens (including phenoxy) is 1. The van der Waals surface area contributed by atoms with E-state index >= 15 is 0 Å². The fourth-order valence-electron chi connectivity index (χ4n) is 2.11. The average Bonchev–Trinajstić information content (AvgIpc) is 3.18. The summed E-state index contributed by atoms with van der Waals surface area (Å²) < 4.78 is 18.4. The predicted octanol–water partition coefficient (Wildman–Crippen LogP) is 1.73. The molecule has 1 aliphatic carbocycles. The van der Waals surface area contributed by atoms with Gasteiger partial charge in [-0.2, -0.15) is 0 Å². The van der Waals surface area contributed by atoms with E-state index in [1.165, 1.54) is 19.2 Å². The molecule has 1 aliphatic rings. The van der Waals surface area contributed by atoms with E-state index in [2.05, 4.69) is 5.32 Å². The number of hydrogen-bond acceptors (Lipinski definition) is 3. The molecule has 6 heteroatoms. The van der Waals surface area contributed by atoms with Gasteiger partial charge >= 0.3 is 5.97 Å². The van der Waals surface area contributed by atoms with E-state index in [0.717, 1.165) is 0 Å². The van der Waals surface area contributed by atoms with Gasteiger partial charge in [-0.05, 0) is 31.0 Å². The van der Waals surface area contributed by atoms with Gasteiger partial charge < -0.3 is 15.2 Å². The van der Waals surface area contributed by atoms with E-state index in [0.29, 0.717) is 12.0 Å². The molecular formula is C14H16FNO4. The van der Waals surface area contributed by atoms with Crippen molar-refractivity contribution in [2.45, 2.75) is 19.4 Å². The Hall–Kier alpha value is -2.11. The maximum atomic E-state index is 13.6. The van der Waals surface area contributed by atoms with Gasteiger partial charge in [-0.1, -0.05) is 6.07 Å². The van der Waals surface area contributed by atoms with Crippen molar-refractivity contribution in [3.05, 3.63) is 29.6 Å². The molecule has 0 bridgehead atoms. The zero-order valence-electron chi connectivity index (χ0n) is 11.2. The number of carboxylic acid groups (broad SMARTS) is 1. The van der Waals surface area contributed by atoms with Crippen molar-refractivity contribution in [1.29, 1.82) is 0 Å². The molecule has 3 atom stereocenters. The SMILES string of the molecule is COc1ccc(C(C)NC(=O)C2CC2C(=O)O)cc1F. The third-order valence-electron chi connectivity index (χ3n) is 3.48. The highest BCUT2D eigenvalue weighted by atomic mass is 19.1. The van der Waals surface area contributed by atoms with Crippen LogP contribution in [0.5, 0.6) is 5.75 Å². The van der Waals surface area contributed by atoms with Gasteiger partial charge in [-0.15, -0.1) is 0 Å². The number of benzene rings is 1. The summed E-state index contributed by atoms with van der Waals surface area (Å²) in [5, 5.41) is 11.5. The lowest BCUT2D eigenvalue weighted by atomic mass is 10.1. The van der Waals surface area contributed by atoms with Crippen LogP contribution in [0.15, 0.2) is 18.2 Å². The molecule has 0 heterocycles. The van der Waals surface area contributed by atoms with Crippen LogP contribution in [0.1, 0.15) is 24.9 Å². The van der Waals surface area contributed by atoms with Crippen molar-refractivity contribution >= 4 is 11.9 Å². The van der Waals surface area contributed by atoms with Gasteiger partial charge in [0, 0.05) is 0 Å². The number of methoxy groups -OCH3 is 1. The minimum atomic E-state index is -0.951. The van der Waals surface area contributed by atoms with E-state index in [1.807, 2.05) is 0 Å². The number of aliphatic carboxylic acids is 1. The lowest BCUT2D eigenvalue weighted by Gasteiger charge is -2.15. The summed E-state index contributed by atoms with van der Waals surface area (Å²) >= 11 is 0. The molecule has 1 aromatic rings. The number of rotatable bonds is 5. The number of nitrogens with one attached hydrogen (secondary N) is 1. The maximum absolute atomic E-state index is 13.6. The molecule has 108 valence electrons. The molecule has 20 heavy (non-hydrogen) atoms. The molecule has 2 rings (SSSR count). The minimum absolute atomic E-state index is 0.139. The number of carboxylic acids is 1. The summed E-state index contributed by atoms with van der Waals surface area (Å²) in [6.45, 7) is 1.72. The Kier molecular flexibility index (Phi) is 3.92. The number of amides is 1. The molecule has 0 saturated heterocycles. The van der Waals surface area contributed by atoms with Crippen LogP contribution in [0.3, 0.4) is 0 Å². The second-order valence-corrected chi connectivity index (χ2v) is 4.91. The smallest absolute Gasteiger partial charge is 0.307 e. The molecular weight excluding hydrogens is 265 g/mol. The van der Waals surface area contributed by atoms with E-state index in [4.69, 9.17) is 9.84 Å². The molecule has 1 saturated carbocycles. The molecule has 5 nitrogen and oxygen atoms in total. The van der Waals surface area contributed by atoms with Crippen LogP contribution < -0.4 is 10.1 Å². The Morgan fingerprint density at radius 3 is 2.65 bits per heavy atom. The monoisotopic (exact) mass is 281 g/mol. The normalized spacial score (nSPS) is 21.9. The van der Waals surface area contributed by atoms with E-state index in [9.17, 15) is 14.0 Å². The van der Waals surface area contributed by atoms with Crippen molar-refractivity contribution in [1.82, 2.24) is 5.32 Å². The molecule has 0 aliphatic heterocycles. The second kappa shape index (κ2) is 5.48. The zero-order valence-corrected chi connectivity index (χ0v) is 11.2. The lowest BCUT2D eigenvalue weighted by Crippen LogP contribution is -2.29. The Morgan fingerprint density at radius 1 is 1.45 bits per heavy atom. The number of carbonyl (C=O) groups excluding carboxylic acids is 1. The van der Waals surface area contributed by atoms with Crippen LogP contribution >= 0.6 is 0 Å². The first-order valence-electron chi connectivity index (χ1n) is 6.30. The molecule has 2 N–H and O–H groups in total. The van der Waals surface area contributed by atoms with Crippen molar-refractivity contribution in [3.8, 4) is 5.75 Å². The highest BCUT2D eigenvalue weighted by Crippen LogP contribution is 2.39. The van der Waals surface area contributed by atoms with Crippen molar-refractivity contribution in [2.24, 2.45) is 11.8 Å². The molecule has 0 aromatic heterocycles. The predicted molar refractivity (Wildman–Crippen MR) is 68.7 cm³/mol. The lowest BCUT2D eigenvalue weighted by molar-refractivity contribution is -0.140. The van der Waals surface area contributed by atoms with Gasteiger partial charge in [0.05, 0.1) is 25.0 Å². The Bertz CT molecular complexity index is 546. The summed E-state index contributed by atoms with van der Waals surface area (Å²) in [5.41, 5.74) is 0.601. The van der Waals surface area contributed by atoms with Gasteiger partial charge in [-0.25, -0.2) is 4.39 Å². The summed E-state index contributed by atoms with van der Waals surface area (Å²) in [4.78, 5) is 22.5. The van der Waals surface area contributed by atoms with E-state index < -0.39 is 29.7 Å². The maximum Gasteiger partial charge on any atom is 0.307 e. The number of carbonyl (C=O) groups is 2. The molecule has 1 amide bonds. The van der Waals surface area contributed by atoms with Crippen molar-refractivity contribution in [2.75, 3.05) is 7.11 Å². The van der Waals surface area contributed by atoms with Crippen LogP contribution in [0.2, 0.25) is 0 Å². The van der Waals surface area contributed by atoms with Gasteiger partial charge in [0.2, 0.25) is 5.91 Å². The van der Waals surface area contributed by atoms with Crippen LogP contribution in [0, 0.1) is 17.7 Å². The molecule has 0 spiro atoms. The van der Waals surface area contributed by atoms with Gasteiger partial charge in [0.15, 0.2) is 11.6 Å². The average molecular weight is 281 g/mol. The van der Waals surface area contributed by atoms with Crippen molar-refractivity contribution in [3.63, 3.8) is 0 Å². The fourth-order valence-corrected chi connectivity index (χ4v) is 2.11. The minimum Gasteiger partial charge on any atom is -0.494 e. The standard InChI is InChI=1S/C14H16FNO4/c1-7(8-3-4-12(20-2)11(15)5-8)16-13(17)9-6-10(9)14(18)19/h3-5,7,9-10H,6H2,1-2H3,(H,16,17)(H,18,19). The first-order chi connectivity index (χ1) is 9.43. The second-order valence-electron chi connectivity index (χ2n) is 4.91. The third kappa shape index (κ3) is 2.89. The first kappa shape index (κ1) is 14.3. The fraction of sp³-hybridized carbons (Fsp3) is 0.429. The van der Waals surface area contributed by atoms with E-state index in [-0.39, 0.29) is 11.7 Å². The molecule has 1 fully saturated rings. The van der Waals surface area contributed by atoms with Crippen molar-refractivity contribution < 1.29 is 23.8 Å². The Morgan fingerprint density at radius 2 is 2.15 bits per heavy atom. The number of hydrogen-bond donors (Lipinski definition) is 2. The topological polar surface area (TPSA) is 75.6 Å². The summed E-state index contributed by atoms with van der Waals surface area (Å²) in [6, 6.07) is 4.06. The molecule has 0 radical (unpaired) electrons. The Balaban J connectivity index is 1.98. The quantitative estimate of drug-likeness (QED) is 0.862. The van der Waals surface area contributed by atoms with Crippen LogP contribution in [-0.4, -0.2) is 24.1 Å². The molecule has 1 aromatic carbocycles. The highest BCUT2D eigenvalue weighted by molar-refractivity contribution is 5.89. The summed E-state index contributed by atoms with van der Waals surface area (Å²) in [7, 11) is 1.38. The van der Waals surface area contributed by atoms with Gasteiger partial charge in [0.25, 0.3) is 0 Å². The van der Waals surface area contributed by atoms with Gasteiger partial charge in [0.1, 0.15) is 0 Å². The van der Waals surface area contributed by atoms with E-state index in [1.54, 1.807) is 13.0 Å². The summed E-state index contributed by atoms with van der Waals surface area (Å²) in [6.07, 6.45) is 0.366. The van der Waals surface area contributed by atoms with Crippen LogP contribution in [-0.2, 0) is 9.59 Å². The Labute approximate surface area is 115 Å². The highest BCUT2D eigenvalue weighted by Gasteiger charge is 2.48.